The molecule has 1 N–H and O–H groups in total. The smallest absolute Gasteiger partial charge is 0.253 e. The van der Waals surface area contributed by atoms with Crippen LogP contribution in [0.15, 0.2) is 36.5 Å². The van der Waals surface area contributed by atoms with Gasteiger partial charge in [-0.15, -0.1) is 0 Å². The van der Waals surface area contributed by atoms with E-state index in [4.69, 9.17) is 4.98 Å². The zero-order valence-electron chi connectivity index (χ0n) is 19.8. The molecule has 2 atom stereocenters. The first-order valence-electron chi connectivity index (χ1n) is 12.8. The Bertz CT molecular complexity index is 962. The van der Waals surface area contributed by atoms with Crippen molar-refractivity contribution >= 4 is 17.7 Å². The lowest BCUT2D eigenvalue weighted by molar-refractivity contribution is 0.0607. The predicted octanol–water partition coefficient (Wildman–Crippen LogP) is 3.79. The minimum atomic E-state index is -0.315. The Morgan fingerprint density at radius 3 is 2.50 bits per heavy atom. The van der Waals surface area contributed by atoms with Crippen LogP contribution in [-0.4, -0.2) is 77.0 Å². The Morgan fingerprint density at radius 1 is 0.912 bits per heavy atom. The van der Waals surface area contributed by atoms with Crippen molar-refractivity contribution in [2.24, 2.45) is 0 Å². The number of hydrogen-bond donors (Lipinski definition) is 1. The van der Waals surface area contributed by atoms with Gasteiger partial charge in [0, 0.05) is 63.1 Å². The second-order valence-corrected chi connectivity index (χ2v) is 9.82. The summed E-state index contributed by atoms with van der Waals surface area (Å²) in [6.07, 6.45) is 10.1. The number of carbonyl (C=O) groups excluding carboxylic acids is 1. The van der Waals surface area contributed by atoms with Crippen molar-refractivity contribution < 1.29 is 9.18 Å². The minimum Gasteiger partial charge on any atom is -0.356 e. The molecule has 8 heteroatoms. The average molecular weight is 467 g/mol. The lowest BCUT2D eigenvalue weighted by atomic mass is 10.0. The fourth-order valence-corrected chi connectivity index (χ4v) is 5.53. The van der Waals surface area contributed by atoms with Gasteiger partial charge in [0.05, 0.1) is 0 Å². The molecule has 4 heterocycles. The van der Waals surface area contributed by atoms with Crippen LogP contribution in [0.2, 0.25) is 0 Å². The highest BCUT2D eigenvalue weighted by Crippen LogP contribution is 2.24. The topological polar surface area (TPSA) is 64.6 Å². The first-order valence-corrected chi connectivity index (χ1v) is 12.8. The van der Waals surface area contributed by atoms with Crippen molar-refractivity contribution in [3.05, 3.63) is 47.9 Å². The van der Waals surface area contributed by atoms with E-state index in [0.717, 1.165) is 64.3 Å². The third kappa shape index (κ3) is 5.49. The number of piperidine rings is 1. The van der Waals surface area contributed by atoms with E-state index in [-0.39, 0.29) is 11.7 Å². The number of halogens is 1. The molecule has 1 amide bonds. The van der Waals surface area contributed by atoms with Crippen LogP contribution in [0.5, 0.6) is 0 Å². The first kappa shape index (κ1) is 23.0. The van der Waals surface area contributed by atoms with E-state index in [2.05, 4.69) is 20.1 Å². The summed E-state index contributed by atoms with van der Waals surface area (Å²) in [4.78, 5) is 29.0. The van der Waals surface area contributed by atoms with Gasteiger partial charge in [-0.3, -0.25) is 9.69 Å². The molecule has 1 aromatic heterocycles. The Kier molecular flexibility index (Phi) is 7.23. The fourth-order valence-electron chi connectivity index (χ4n) is 5.53. The zero-order chi connectivity index (χ0) is 23.3. The maximum Gasteiger partial charge on any atom is 0.253 e. The molecule has 3 fully saturated rings. The quantitative estimate of drug-likeness (QED) is 0.724. The van der Waals surface area contributed by atoms with Crippen LogP contribution in [0.3, 0.4) is 0 Å². The Labute approximate surface area is 201 Å². The van der Waals surface area contributed by atoms with Gasteiger partial charge in [0.15, 0.2) is 0 Å². The fraction of sp³-hybridized carbons (Fsp3) is 0.577. The van der Waals surface area contributed by atoms with Gasteiger partial charge in [-0.05, 0) is 62.4 Å². The molecule has 3 saturated heterocycles. The van der Waals surface area contributed by atoms with Gasteiger partial charge in [-0.2, -0.15) is 4.98 Å². The van der Waals surface area contributed by atoms with Gasteiger partial charge in [0.2, 0.25) is 5.95 Å². The highest BCUT2D eigenvalue weighted by atomic mass is 19.1. The minimum absolute atomic E-state index is 0.00250. The SMILES string of the molecule is O=C(c1ccc(F)cc1)N1CCCC(N2CCC(Nc3nccc(N4CCCCCC4)n3)C2)C1. The van der Waals surface area contributed by atoms with Crippen molar-refractivity contribution in [2.75, 3.05) is 49.5 Å². The lowest BCUT2D eigenvalue weighted by Crippen LogP contribution is -2.49. The number of anilines is 2. The van der Waals surface area contributed by atoms with Gasteiger partial charge in [0.1, 0.15) is 11.6 Å². The second-order valence-electron chi connectivity index (χ2n) is 9.82. The Balaban J connectivity index is 1.16. The predicted molar refractivity (Wildman–Crippen MR) is 132 cm³/mol. The third-order valence-corrected chi connectivity index (χ3v) is 7.42. The molecule has 0 saturated carbocycles. The maximum atomic E-state index is 13.2. The van der Waals surface area contributed by atoms with E-state index in [0.29, 0.717) is 23.6 Å². The number of likely N-dealkylation sites (tertiary alicyclic amines) is 2. The average Bonchev–Trinajstić information content (AvgIpc) is 3.16. The lowest BCUT2D eigenvalue weighted by Gasteiger charge is -2.37. The number of nitrogens with zero attached hydrogens (tertiary/aromatic N) is 5. The molecule has 0 aliphatic carbocycles. The molecule has 0 spiro atoms. The van der Waals surface area contributed by atoms with Gasteiger partial charge < -0.3 is 15.1 Å². The van der Waals surface area contributed by atoms with Crippen LogP contribution in [-0.2, 0) is 0 Å². The summed E-state index contributed by atoms with van der Waals surface area (Å²) in [5, 5.41) is 3.56. The van der Waals surface area contributed by atoms with Crippen LogP contribution in [0.4, 0.5) is 16.2 Å². The molecule has 0 bridgehead atoms. The summed E-state index contributed by atoms with van der Waals surface area (Å²) in [5.74, 6) is 1.42. The van der Waals surface area contributed by atoms with Gasteiger partial charge >= 0.3 is 0 Å². The largest absolute Gasteiger partial charge is 0.356 e. The normalized spacial score (nSPS) is 24.1. The highest BCUT2D eigenvalue weighted by molar-refractivity contribution is 5.94. The van der Waals surface area contributed by atoms with Crippen LogP contribution in [0, 0.1) is 5.82 Å². The van der Waals surface area contributed by atoms with Crippen molar-refractivity contribution in [3.8, 4) is 0 Å². The number of carbonyl (C=O) groups is 1. The molecule has 3 aliphatic heterocycles. The summed E-state index contributed by atoms with van der Waals surface area (Å²) in [6.45, 7) is 5.57. The summed E-state index contributed by atoms with van der Waals surface area (Å²) in [5.41, 5.74) is 0.560. The molecule has 3 aliphatic rings. The molecule has 5 rings (SSSR count). The third-order valence-electron chi connectivity index (χ3n) is 7.42. The van der Waals surface area contributed by atoms with Crippen LogP contribution in [0.1, 0.15) is 55.3 Å². The van der Waals surface area contributed by atoms with Crippen LogP contribution >= 0.6 is 0 Å². The summed E-state index contributed by atoms with van der Waals surface area (Å²) < 4.78 is 13.2. The monoisotopic (exact) mass is 466 g/mol. The van der Waals surface area contributed by atoms with Crippen molar-refractivity contribution in [3.63, 3.8) is 0 Å². The zero-order valence-corrected chi connectivity index (χ0v) is 19.8. The van der Waals surface area contributed by atoms with Gasteiger partial charge in [0.25, 0.3) is 5.91 Å². The molecular weight excluding hydrogens is 431 g/mol. The number of nitrogens with one attached hydrogen (secondary N) is 1. The number of hydrogen-bond acceptors (Lipinski definition) is 6. The van der Waals surface area contributed by atoms with E-state index in [9.17, 15) is 9.18 Å². The molecule has 2 unspecified atom stereocenters. The van der Waals surface area contributed by atoms with Crippen molar-refractivity contribution in [1.82, 2.24) is 19.8 Å². The van der Waals surface area contributed by atoms with E-state index in [1.807, 2.05) is 17.2 Å². The molecule has 0 radical (unpaired) electrons. The van der Waals surface area contributed by atoms with E-state index >= 15 is 0 Å². The Hall–Kier alpha value is -2.74. The summed E-state index contributed by atoms with van der Waals surface area (Å²) in [7, 11) is 0. The number of aromatic nitrogens is 2. The van der Waals surface area contributed by atoms with E-state index in [1.54, 1.807) is 12.1 Å². The molecule has 1 aromatic carbocycles. The molecule has 34 heavy (non-hydrogen) atoms. The number of benzene rings is 1. The van der Waals surface area contributed by atoms with Crippen LogP contribution < -0.4 is 10.2 Å². The van der Waals surface area contributed by atoms with Gasteiger partial charge in [-0.25, -0.2) is 9.37 Å². The first-order chi connectivity index (χ1) is 16.7. The number of rotatable bonds is 5. The maximum absolute atomic E-state index is 13.2. The van der Waals surface area contributed by atoms with E-state index < -0.39 is 0 Å². The molecule has 182 valence electrons. The van der Waals surface area contributed by atoms with Gasteiger partial charge in [-0.1, -0.05) is 12.8 Å². The molecule has 7 nitrogen and oxygen atoms in total. The van der Waals surface area contributed by atoms with E-state index in [1.165, 1.54) is 37.8 Å². The summed E-state index contributed by atoms with van der Waals surface area (Å²) >= 11 is 0. The number of amides is 1. The van der Waals surface area contributed by atoms with Crippen molar-refractivity contribution in [2.45, 2.75) is 57.0 Å². The molecular formula is C26H35FN6O. The Morgan fingerprint density at radius 2 is 1.71 bits per heavy atom. The molecule has 2 aromatic rings. The second kappa shape index (κ2) is 10.7. The highest BCUT2D eigenvalue weighted by Gasteiger charge is 2.33. The standard InChI is InChI=1S/C26H35FN6O/c27-21-9-7-20(8-10-21)25(34)33-16-5-6-23(19-33)32-17-12-22(18-32)29-26-28-13-11-24(30-26)31-14-3-1-2-4-15-31/h7-11,13,22-23H,1-6,12,14-19H2,(H,28,29,30). The summed E-state index contributed by atoms with van der Waals surface area (Å²) in [6, 6.07) is 8.56. The van der Waals surface area contributed by atoms with Crippen LogP contribution in [0.25, 0.3) is 0 Å². The van der Waals surface area contributed by atoms with Crippen molar-refractivity contribution in [1.29, 1.82) is 0 Å².